The van der Waals surface area contributed by atoms with Crippen LogP contribution in [0.1, 0.15) is 5.69 Å². The molecule has 2 N–H and O–H groups in total. The third-order valence-corrected chi connectivity index (χ3v) is 0.948. The number of nitrogens with one attached hydrogen (secondary N) is 1. The Balaban J connectivity index is 2.48. The molecule has 0 fully saturated rings. The van der Waals surface area contributed by atoms with Crippen molar-refractivity contribution < 1.29 is 5.21 Å². The Bertz CT molecular complexity index is 180. The van der Waals surface area contributed by atoms with E-state index in [2.05, 4.69) is 15.1 Å². The first-order chi connectivity index (χ1) is 4.43. The number of aromatic nitrogens is 2. The van der Waals surface area contributed by atoms with Crippen LogP contribution in [0.3, 0.4) is 0 Å². The van der Waals surface area contributed by atoms with Crippen LogP contribution in [0.15, 0.2) is 17.7 Å². The van der Waals surface area contributed by atoms with Crippen LogP contribution < -0.4 is 0 Å². The van der Waals surface area contributed by atoms with Gasteiger partial charge < -0.3 is 10.2 Å². The van der Waals surface area contributed by atoms with Crippen molar-refractivity contribution in [2.24, 2.45) is 5.16 Å². The molecule has 1 aromatic rings. The van der Waals surface area contributed by atoms with Crippen LogP contribution >= 0.6 is 0 Å². The highest BCUT2D eigenvalue weighted by atomic mass is 16.4. The Morgan fingerprint density at radius 1 is 1.89 bits per heavy atom. The maximum absolute atomic E-state index is 8.00. The lowest BCUT2D eigenvalue weighted by molar-refractivity contribution is 0.320. The Kier molecular flexibility index (Phi) is 1.85. The predicted octanol–water partition coefficient (Wildman–Crippen LogP) is 0.412. The minimum Gasteiger partial charge on any atom is -0.411 e. The largest absolute Gasteiger partial charge is 0.411 e. The van der Waals surface area contributed by atoms with Crippen LogP contribution in [0.5, 0.6) is 0 Å². The molecule has 0 unspecified atom stereocenters. The Morgan fingerprint density at radius 2 is 2.78 bits per heavy atom. The van der Waals surface area contributed by atoms with Crippen molar-refractivity contribution in [2.75, 3.05) is 0 Å². The molecule has 0 aromatic carbocycles. The standard InChI is InChI=1S/C5H7N3O/c9-8-2-1-5-3-6-4-7-5/h2-4,9H,1H2,(H,6,7). The summed E-state index contributed by atoms with van der Waals surface area (Å²) in [4.78, 5) is 6.63. The zero-order chi connectivity index (χ0) is 6.53. The molecule has 9 heavy (non-hydrogen) atoms. The Labute approximate surface area is 52.2 Å². The van der Waals surface area contributed by atoms with Crippen LogP contribution in [0.4, 0.5) is 0 Å². The first-order valence-electron chi connectivity index (χ1n) is 2.56. The summed E-state index contributed by atoms with van der Waals surface area (Å²) in [6, 6.07) is 0. The number of imidazole rings is 1. The molecule has 4 nitrogen and oxygen atoms in total. The number of oxime groups is 1. The summed E-state index contributed by atoms with van der Waals surface area (Å²) < 4.78 is 0. The second-order valence-corrected chi connectivity index (χ2v) is 1.58. The lowest BCUT2D eigenvalue weighted by Crippen LogP contribution is -1.83. The SMILES string of the molecule is ON=CCc1cnc[nH]1. The molecule has 0 spiro atoms. The van der Waals surface area contributed by atoms with Gasteiger partial charge in [0, 0.05) is 24.5 Å². The highest BCUT2D eigenvalue weighted by Gasteiger charge is 1.86. The predicted molar refractivity (Wildman–Crippen MR) is 32.6 cm³/mol. The molecule has 0 amide bonds. The van der Waals surface area contributed by atoms with E-state index in [1.807, 2.05) is 0 Å². The van der Waals surface area contributed by atoms with Gasteiger partial charge in [0.1, 0.15) is 0 Å². The minimum absolute atomic E-state index is 0.594. The van der Waals surface area contributed by atoms with Crippen molar-refractivity contribution in [1.82, 2.24) is 9.97 Å². The van der Waals surface area contributed by atoms with Gasteiger partial charge >= 0.3 is 0 Å². The van der Waals surface area contributed by atoms with Gasteiger partial charge in [-0.1, -0.05) is 0 Å². The molecule has 0 saturated heterocycles. The summed E-state index contributed by atoms with van der Waals surface area (Å²) in [6.45, 7) is 0. The fraction of sp³-hybridized carbons (Fsp3) is 0.200. The lowest BCUT2D eigenvalue weighted by Gasteiger charge is -1.82. The van der Waals surface area contributed by atoms with Gasteiger partial charge in [0.25, 0.3) is 0 Å². The third-order valence-electron chi connectivity index (χ3n) is 0.948. The summed E-state index contributed by atoms with van der Waals surface area (Å²) in [5, 5.41) is 10.8. The van der Waals surface area contributed by atoms with Gasteiger partial charge in [0.05, 0.1) is 6.33 Å². The zero-order valence-corrected chi connectivity index (χ0v) is 4.78. The summed E-state index contributed by atoms with van der Waals surface area (Å²) in [5.41, 5.74) is 0.938. The Morgan fingerprint density at radius 3 is 3.33 bits per heavy atom. The molecule has 0 aliphatic rings. The highest BCUT2D eigenvalue weighted by Crippen LogP contribution is 1.88. The average Bonchev–Trinajstić information content (AvgIpc) is 2.34. The van der Waals surface area contributed by atoms with Gasteiger partial charge in [-0.05, 0) is 0 Å². The normalized spacial score (nSPS) is 10.7. The zero-order valence-electron chi connectivity index (χ0n) is 4.78. The fourth-order valence-electron chi connectivity index (χ4n) is 0.535. The van der Waals surface area contributed by atoms with Crippen molar-refractivity contribution in [2.45, 2.75) is 6.42 Å². The number of rotatable bonds is 2. The quantitative estimate of drug-likeness (QED) is 0.341. The molecule has 0 atom stereocenters. The van der Waals surface area contributed by atoms with E-state index < -0.39 is 0 Å². The van der Waals surface area contributed by atoms with E-state index in [0.29, 0.717) is 6.42 Å². The molecule has 0 aliphatic heterocycles. The molecule has 0 aliphatic carbocycles. The third kappa shape index (κ3) is 1.56. The summed E-state index contributed by atoms with van der Waals surface area (Å²) in [7, 11) is 0. The first-order valence-corrected chi connectivity index (χ1v) is 2.56. The van der Waals surface area contributed by atoms with Gasteiger partial charge in [-0.15, -0.1) is 5.16 Å². The van der Waals surface area contributed by atoms with E-state index in [9.17, 15) is 0 Å². The van der Waals surface area contributed by atoms with Gasteiger partial charge in [0.2, 0.25) is 0 Å². The number of aromatic amines is 1. The van der Waals surface area contributed by atoms with E-state index in [0.717, 1.165) is 5.69 Å². The smallest absolute Gasteiger partial charge is 0.0921 e. The maximum atomic E-state index is 8.00. The van der Waals surface area contributed by atoms with Gasteiger partial charge in [0.15, 0.2) is 0 Å². The summed E-state index contributed by atoms with van der Waals surface area (Å²) >= 11 is 0. The fourth-order valence-corrected chi connectivity index (χ4v) is 0.535. The second-order valence-electron chi connectivity index (χ2n) is 1.58. The highest BCUT2D eigenvalue weighted by molar-refractivity contribution is 5.59. The molecule has 1 rings (SSSR count). The van der Waals surface area contributed by atoms with Crippen molar-refractivity contribution in [3.05, 3.63) is 18.2 Å². The lowest BCUT2D eigenvalue weighted by atomic mass is 10.4. The molecule has 0 bridgehead atoms. The molecule has 4 heteroatoms. The summed E-state index contributed by atoms with van der Waals surface area (Å²) in [5.74, 6) is 0. The second kappa shape index (κ2) is 2.86. The average molecular weight is 125 g/mol. The van der Waals surface area contributed by atoms with Crippen molar-refractivity contribution in [3.63, 3.8) is 0 Å². The molecule has 1 aromatic heterocycles. The Hall–Kier alpha value is -1.32. The first kappa shape index (κ1) is 5.81. The number of nitrogens with zero attached hydrogens (tertiary/aromatic N) is 2. The van der Waals surface area contributed by atoms with E-state index >= 15 is 0 Å². The van der Waals surface area contributed by atoms with E-state index in [-0.39, 0.29) is 0 Å². The molecular weight excluding hydrogens is 118 g/mol. The monoisotopic (exact) mass is 125 g/mol. The number of hydrogen-bond acceptors (Lipinski definition) is 3. The van der Waals surface area contributed by atoms with Crippen LogP contribution in [-0.4, -0.2) is 21.4 Å². The van der Waals surface area contributed by atoms with E-state index in [1.54, 1.807) is 12.5 Å². The van der Waals surface area contributed by atoms with Crippen LogP contribution in [-0.2, 0) is 6.42 Å². The molecule has 0 saturated carbocycles. The van der Waals surface area contributed by atoms with E-state index in [4.69, 9.17) is 5.21 Å². The number of hydrogen-bond donors (Lipinski definition) is 2. The van der Waals surface area contributed by atoms with Crippen LogP contribution in [0, 0.1) is 0 Å². The van der Waals surface area contributed by atoms with Gasteiger partial charge in [-0.2, -0.15) is 0 Å². The summed E-state index contributed by atoms with van der Waals surface area (Å²) in [6.07, 6.45) is 5.26. The van der Waals surface area contributed by atoms with E-state index in [1.165, 1.54) is 6.21 Å². The van der Waals surface area contributed by atoms with Crippen LogP contribution in [0.25, 0.3) is 0 Å². The number of H-pyrrole nitrogens is 1. The van der Waals surface area contributed by atoms with Gasteiger partial charge in [-0.25, -0.2) is 4.98 Å². The van der Waals surface area contributed by atoms with Crippen molar-refractivity contribution in [3.8, 4) is 0 Å². The van der Waals surface area contributed by atoms with Crippen LogP contribution in [0.2, 0.25) is 0 Å². The van der Waals surface area contributed by atoms with Crippen molar-refractivity contribution >= 4 is 6.21 Å². The molecular formula is C5H7N3O. The minimum atomic E-state index is 0.594. The van der Waals surface area contributed by atoms with Gasteiger partial charge in [-0.3, -0.25) is 0 Å². The molecule has 0 radical (unpaired) electrons. The van der Waals surface area contributed by atoms with Crippen molar-refractivity contribution in [1.29, 1.82) is 0 Å². The molecule has 48 valence electrons. The maximum Gasteiger partial charge on any atom is 0.0921 e. The molecule has 1 heterocycles. The topological polar surface area (TPSA) is 61.3 Å².